The number of alkyl halides is 3. The number of pyridine rings is 1. The minimum absolute atomic E-state index is 0.263. The lowest BCUT2D eigenvalue weighted by molar-refractivity contribution is -0.155. The molecule has 0 aliphatic carbocycles. The van der Waals surface area contributed by atoms with Crippen LogP contribution < -0.4 is 0 Å². The van der Waals surface area contributed by atoms with Gasteiger partial charge in [0.15, 0.2) is 5.92 Å². The molecule has 1 aromatic heterocycles. The van der Waals surface area contributed by atoms with Gasteiger partial charge in [-0.1, -0.05) is 11.6 Å². The molecule has 0 saturated heterocycles. The highest BCUT2D eigenvalue weighted by atomic mass is 35.5. The molecule has 0 fully saturated rings. The smallest absolute Gasteiger partial charge is 0.417 e. The van der Waals surface area contributed by atoms with Crippen molar-refractivity contribution in [2.75, 3.05) is 0 Å². The lowest BCUT2D eigenvalue weighted by atomic mass is 10.1. The Labute approximate surface area is 124 Å². The number of hydrogen-bond acceptors (Lipinski definition) is 4. The Balaban J connectivity index is 3.14. The summed E-state index contributed by atoms with van der Waals surface area (Å²) in [6, 6.07) is 2.26. The van der Waals surface area contributed by atoms with Gasteiger partial charge in [0.2, 0.25) is 0 Å². The molecule has 0 amide bonds. The van der Waals surface area contributed by atoms with E-state index in [4.69, 9.17) is 21.6 Å². The van der Waals surface area contributed by atoms with Crippen LogP contribution in [0.5, 0.6) is 0 Å². The summed E-state index contributed by atoms with van der Waals surface area (Å²) in [6.07, 6.45) is -4.08. The maximum absolute atomic E-state index is 12.5. The van der Waals surface area contributed by atoms with E-state index in [2.05, 4.69) is 4.98 Å². The van der Waals surface area contributed by atoms with Gasteiger partial charge in [-0.2, -0.15) is 18.4 Å². The predicted molar refractivity (Wildman–Crippen MR) is 68.4 cm³/mol. The summed E-state index contributed by atoms with van der Waals surface area (Å²) in [5, 5.41) is 8.61. The van der Waals surface area contributed by atoms with Gasteiger partial charge in [0.05, 0.1) is 22.3 Å². The van der Waals surface area contributed by atoms with E-state index in [0.29, 0.717) is 12.3 Å². The molecule has 0 aliphatic heterocycles. The molecule has 1 aromatic rings. The van der Waals surface area contributed by atoms with Crippen molar-refractivity contribution in [2.24, 2.45) is 0 Å². The number of nitriles is 1. The molecular formula is C13H12ClF3N2O2. The standard InChI is InChI=1S/C13H12ClF3N2O2/c1-12(2,3)21-11(20)8(5-18)10-9(14)4-7(6-19-10)13(15,16)17/h4,6,8H,1-3H3. The Hall–Kier alpha value is -1.81. The van der Waals surface area contributed by atoms with E-state index in [1.807, 2.05) is 0 Å². The first-order chi connectivity index (χ1) is 9.45. The van der Waals surface area contributed by atoms with E-state index in [9.17, 15) is 18.0 Å². The molecule has 1 heterocycles. The maximum Gasteiger partial charge on any atom is 0.417 e. The van der Waals surface area contributed by atoms with Crippen LogP contribution in [-0.2, 0) is 15.7 Å². The summed E-state index contributed by atoms with van der Waals surface area (Å²) in [4.78, 5) is 15.4. The molecule has 0 radical (unpaired) electrons. The Morgan fingerprint density at radius 1 is 1.43 bits per heavy atom. The lowest BCUT2D eigenvalue weighted by Gasteiger charge is -2.21. The van der Waals surface area contributed by atoms with Crippen LogP contribution in [-0.4, -0.2) is 16.6 Å². The second-order valence-corrected chi connectivity index (χ2v) is 5.59. The average Bonchev–Trinajstić information content (AvgIpc) is 2.28. The number of nitrogens with zero attached hydrogens (tertiary/aromatic N) is 2. The molecule has 4 nitrogen and oxygen atoms in total. The molecule has 0 bridgehead atoms. The molecule has 21 heavy (non-hydrogen) atoms. The van der Waals surface area contributed by atoms with Crippen molar-refractivity contribution in [1.29, 1.82) is 5.26 Å². The van der Waals surface area contributed by atoms with E-state index < -0.39 is 34.3 Å². The zero-order valence-electron chi connectivity index (χ0n) is 11.5. The van der Waals surface area contributed by atoms with Gasteiger partial charge >= 0.3 is 12.1 Å². The Bertz CT molecular complexity index is 589. The van der Waals surface area contributed by atoms with E-state index in [1.54, 1.807) is 26.8 Å². The van der Waals surface area contributed by atoms with Crippen LogP contribution in [0.15, 0.2) is 12.3 Å². The number of ether oxygens (including phenoxy) is 1. The molecule has 0 aliphatic rings. The highest BCUT2D eigenvalue weighted by Crippen LogP contribution is 2.33. The molecule has 1 rings (SSSR count). The van der Waals surface area contributed by atoms with Gasteiger partial charge in [-0.3, -0.25) is 9.78 Å². The number of aromatic nitrogens is 1. The third-order valence-electron chi connectivity index (χ3n) is 2.24. The molecule has 0 spiro atoms. The topological polar surface area (TPSA) is 63.0 Å². The quantitative estimate of drug-likeness (QED) is 0.779. The Kier molecular flexibility index (Phi) is 4.84. The van der Waals surface area contributed by atoms with Crippen LogP contribution in [0.25, 0.3) is 0 Å². The van der Waals surface area contributed by atoms with Crippen molar-refractivity contribution in [3.8, 4) is 6.07 Å². The maximum atomic E-state index is 12.5. The second-order valence-electron chi connectivity index (χ2n) is 5.18. The van der Waals surface area contributed by atoms with E-state index in [1.165, 1.54) is 0 Å². The number of hydrogen-bond donors (Lipinski definition) is 0. The van der Waals surface area contributed by atoms with Crippen molar-refractivity contribution in [1.82, 2.24) is 4.98 Å². The molecule has 1 unspecified atom stereocenters. The third-order valence-corrected chi connectivity index (χ3v) is 2.54. The van der Waals surface area contributed by atoms with Crippen LogP contribution in [0.1, 0.15) is 37.9 Å². The predicted octanol–water partition coefficient (Wildman–Crippen LogP) is 3.70. The summed E-state index contributed by atoms with van der Waals surface area (Å²) in [6.45, 7) is 4.80. The second kappa shape index (κ2) is 5.90. The van der Waals surface area contributed by atoms with E-state index >= 15 is 0 Å². The molecule has 0 aromatic carbocycles. The first-order valence-electron chi connectivity index (χ1n) is 5.81. The summed E-state index contributed by atoms with van der Waals surface area (Å²) >= 11 is 5.70. The molecule has 1 atom stereocenters. The number of rotatable bonds is 2. The van der Waals surface area contributed by atoms with Crippen LogP contribution in [0.4, 0.5) is 13.2 Å². The van der Waals surface area contributed by atoms with Crippen molar-refractivity contribution in [3.05, 3.63) is 28.5 Å². The van der Waals surface area contributed by atoms with Crippen LogP contribution in [0, 0.1) is 11.3 Å². The fourth-order valence-corrected chi connectivity index (χ4v) is 1.68. The lowest BCUT2D eigenvalue weighted by Crippen LogP contribution is -2.28. The zero-order chi connectivity index (χ0) is 16.4. The minimum atomic E-state index is -4.61. The van der Waals surface area contributed by atoms with Gasteiger partial charge in [0.1, 0.15) is 5.60 Å². The van der Waals surface area contributed by atoms with Gasteiger partial charge < -0.3 is 4.74 Å². The number of carbonyl (C=O) groups excluding carboxylic acids is 1. The number of esters is 1. The van der Waals surface area contributed by atoms with E-state index in [0.717, 1.165) is 0 Å². The summed E-state index contributed by atoms with van der Waals surface area (Å²) in [5.41, 5.74) is -2.16. The van der Waals surface area contributed by atoms with Gasteiger partial charge in [0, 0.05) is 6.20 Å². The number of halogens is 4. The Morgan fingerprint density at radius 3 is 2.38 bits per heavy atom. The van der Waals surface area contributed by atoms with Crippen LogP contribution >= 0.6 is 11.6 Å². The molecular weight excluding hydrogens is 309 g/mol. The molecule has 0 N–H and O–H groups in total. The van der Waals surface area contributed by atoms with Crippen molar-refractivity contribution >= 4 is 17.6 Å². The summed E-state index contributed by atoms with van der Waals surface area (Å²) in [5.74, 6) is -2.40. The van der Waals surface area contributed by atoms with Crippen LogP contribution in [0.2, 0.25) is 5.02 Å². The van der Waals surface area contributed by atoms with Gasteiger partial charge in [0.25, 0.3) is 0 Å². The number of carbonyl (C=O) groups is 1. The first-order valence-corrected chi connectivity index (χ1v) is 6.18. The molecule has 114 valence electrons. The zero-order valence-corrected chi connectivity index (χ0v) is 12.2. The fraction of sp³-hybridized carbons (Fsp3) is 0.462. The highest BCUT2D eigenvalue weighted by Gasteiger charge is 2.34. The van der Waals surface area contributed by atoms with E-state index in [-0.39, 0.29) is 5.69 Å². The SMILES string of the molecule is CC(C)(C)OC(=O)C(C#N)c1ncc(C(F)(F)F)cc1Cl. The molecule has 8 heteroatoms. The van der Waals surface area contributed by atoms with Gasteiger partial charge in [-0.25, -0.2) is 0 Å². The Morgan fingerprint density at radius 2 is 2.00 bits per heavy atom. The minimum Gasteiger partial charge on any atom is -0.459 e. The molecule has 0 saturated carbocycles. The highest BCUT2D eigenvalue weighted by molar-refractivity contribution is 6.31. The van der Waals surface area contributed by atoms with Crippen molar-refractivity contribution in [2.45, 2.75) is 38.5 Å². The van der Waals surface area contributed by atoms with Gasteiger partial charge in [-0.15, -0.1) is 0 Å². The van der Waals surface area contributed by atoms with Crippen molar-refractivity contribution < 1.29 is 22.7 Å². The summed E-state index contributed by atoms with van der Waals surface area (Å²) in [7, 11) is 0. The largest absolute Gasteiger partial charge is 0.459 e. The average molecular weight is 321 g/mol. The summed E-state index contributed by atoms with van der Waals surface area (Å²) < 4.78 is 42.5. The third kappa shape index (κ3) is 4.60. The first kappa shape index (κ1) is 17.2. The normalized spacial score (nSPS) is 13.4. The monoisotopic (exact) mass is 320 g/mol. The van der Waals surface area contributed by atoms with Gasteiger partial charge in [-0.05, 0) is 26.8 Å². The van der Waals surface area contributed by atoms with Crippen LogP contribution in [0.3, 0.4) is 0 Å². The van der Waals surface area contributed by atoms with Crippen molar-refractivity contribution in [3.63, 3.8) is 0 Å². The fourth-order valence-electron chi connectivity index (χ4n) is 1.40.